The van der Waals surface area contributed by atoms with Gasteiger partial charge in [0.1, 0.15) is 12.4 Å². The number of phosphoric acid groups is 1. The molecule has 5 N–H and O–H groups in total. The van der Waals surface area contributed by atoms with Gasteiger partial charge in [-0.15, -0.1) is 0 Å². The van der Waals surface area contributed by atoms with Gasteiger partial charge in [-0.3, -0.25) is 18.9 Å². The van der Waals surface area contributed by atoms with Crippen molar-refractivity contribution in [1.29, 1.82) is 0 Å². The molecule has 2 unspecified atom stereocenters. The third kappa shape index (κ3) is 4.82. The minimum atomic E-state index is -5.03. The molecule has 2 heterocycles. The van der Waals surface area contributed by atoms with Gasteiger partial charge in [0.05, 0.1) is 18.8 Å². The average Bonchev–Trinajstić information content (AvgIpc) is 3.24. The van der Waals surface area contributed by atoms with Gasteiger partial charge in [0.2, 0.25) is 0 Å². The summed E-state index contributed by atoms with van der Waals surface area (Å²) in [5, 5.41) is 20.4. The molecule has 6 atom stereocenters. The number of aliphatic hydroxyl groups excluding tert-OH is 2. The zero-order valence-corrected chi connectivity index (χ0v) is 16.4. The Hall–Kier alpha value is -1.89. The molecule has 3 rings (SSSR count). The van der Waals surface area contributed by atoms with E-state index in [4.69, 9.17) is 4.52 Å². The highest BCUT2D eigenvalue weighted by molar-refractivity contribution is 7.63. The van der Waals surface area contributed by atoms with Crippen LogP contribution in [0.25, 0.3) is 0 Å². The molecule has 1 fully saturated rings. The summed E-state index contributed by atoms with van der Waals surface area (Å²) in [6.45, 7) is -0.620. The molecule has 0 aromatic carbocycles. The summed E-state index contributed by atoms with van der Waals surface area (Å²) >= 11 is 0. The molecule has 1 aliphatic carbocycles. The van der Waals surface area contributed by atoms with E-state index < -0.39 is 57.6 Å². The van der Waals surface area contributed by atoms with E-state index in [1.54, 1.807) is 0 Å². The van der Waals surface area contributed by atoms with Gasteiger partial charge in [0.15, 0.2) is 0 Å². The number of nitrogens with one attached hydrogen (secondary N) is 1. The molecule has 0 spiro atoms. The minimum Gasteiger partial charge on any atom is -0.390 e. The van der Waals surface area contributed by atoms with Crippen LogP contribution in [0.5, 0.6) is 0 Å². The lowest BCUT2D eigenvalue weighted by Crippen LogP contribution is -2.37. The van der Waals surface area contributed by atoms with Crippen molar-refractivity contribution in [2.24, 2.45) is 5.92 Å². The lowest BCUT2D eigenvalue weighted by atomic mass is 10.1. The lowest BCUT2D eigenvalue weighted by Gasteiger charge is -2.20. The highest BCUT2D eigenvalue weighted by Crippen LogP contribution is 2.60. The maximum absolute atomic E-state index is 12.0. The highest BCUT2D eigenvalue weighted by atomic mass is 31.3. The van der Waals surface area contributed by atoms with Gasteiger partial charge >= 0.3 is 21.3 Å². The largest absolute Gasteiger partial charge is 0.480 e. The SMILES string of the molecule is O=c1ccn([C@H]2C[C@H](COP(=O)(O)OP(=O)(O)n3ccnc3)[C@@H](O)[C@@H]2O)c(=O)[nH]1. The summed E-state index contributed by atoms with van der Waals surface area (Å²) < 4.78 is 34.6. The zero-order valence-electron chi connectivity index (χ0n) is 14.6. The highest BCUT2D eigenvalue weighted by Gasteiger charge is 2.44. The topological polar surface area (TPSA) is 206 Å². The summed E-state index contributed by atoms with van der Waals surface area (Å²) in [4.78, 5) is 48.0. The molecule has 16 heteroatoms. The van der Waals surface area contributed by atoms with Crippen LogP contribution in [0.2, 0.25) is 0 Å². The fourth-order valence-corrected chi connectivity index (χ4v) is 5.42. The molecule has 0 radical (unpaired) electrons. The minimum absolute atomic E-state index is 0.0490. The van der Waals surface area contributed by atoms with Crippen molar-refractivity contribution >= 4 is 15.6 Å². The number of phosphoric ester groups is 1. The van der Waals surface area contributed by atoms with Crippen molar-refractivity contribution in [3.8, 4) is 0 Å². The second-order valence-electron chi connectivity index (χ2n) is 6.34. The van der Waals surface area contributed by atoms with Gasteiger partial charge in [-0.2, -0.15) is 4.31 Å². The number of aromatic amines is 1. The Balaban J connectivity index is 1.67. The van der Waals surface area contributed by atoms with E-state index in [1.165, 1.54) is 0 Å². The van der Waals surface area contributed by atoms with Crippen LogP contribution in [0.4, 0.5) is 0 Å². The Kier molecular flexibility index (Phi) is 6.08. The molecule has 1 aliphatic rings. The fraction of sp³-hybridized carbons (Fsp3) is 0.462. The maximum Gasteiger partial charge on any atom is 0.480 e. The second kappa shape index (κ2) is 8.09. The Morgan fingerprint density at radius 1 is 1.21 bits per heavy atom. The van der Waals surface area contributed by atoms with Crippen molar-refractivity contribution in [1.82, 2.24) is 18.9 Å². The number of hydrogen-bond acceptors (Lipinski definition) is 9. The van der Waals surface area contributed by atoms with Crippen LogP contribution < -0.4 is 11.2 Å². The van der Waals surface area contributed by atoms with Crippen LogP contribution in [0.1, 0.15) is 12.5 Å². The molecule has 160 valence electrons. The number of rotatable bonds is 7. The molecule has 0 aliphatic heterocycles. The van der Waals surface area contributed by atoms with Crippen LogP contribution in [0, 0.1) is 5.92 Å². The van der Waals surface area contributed by atoms with Crippen LogP contribution in [0.3, 0.4) is 0 Å². The normalized spacial score (nSPS) is 28.7. The summed E-state index contributed by atoms with van der Waals surface area (Å²) in [6, 6.07) is 0.131. The van der Waals surface area contributed by atoms with Crippen LogP contribution in [-0.2, 0) is 18.0 Å². The number of aliphatic hydroxyl groups is 2. The average molecular weight is 452 g/mol. The zero-order chi connectivity index (χ0) is 21.4. The van der Waals surface area contributed by atoms with E-state index in [1.807, 2.05) is 4.98 Å². The summed E-state index contributed by atoms with van der Waals surface area (Å²) in [5.41, 5.74) is -1.43. The van der Waals surface area contributed by atoms with E-state index in [2.05, 4.69) is 9.29 Å². The van der Waals surface area contributed by atoms with Crippen molar-refractivity contribution in [3.63, 3.8) is 0 Å². The number of aromatic nitrogens is 4. The molecule has 29 heavy (non-hydrogen) atoms. The van der Waals surface area contributed by atoms with E-state index >= 15 is 0 Å². The Bertz CT molecular complexity index is 1070. The van der Waals surface area contributed by atoms with E-state index in [0.29, 0.717) is 4.34 Å². The smallest absolute Gasteiger partial charge is 0.390 e. The molecule has 0 bridgehead atoms. The Morgan fingerprint density at radius 2 is 1.93 bits per heavy atom. The predicted molar refractivity (Wildman–Crippen MR) is 94.8 cm³/mol. The quantitative estimate of drug-likeness (QED) is 0.315. The van der Waals surface area contributed by atoms with Crippen LogP contribution >= 0.6 is 15.6 Å². The molecule has 14 nitrogen and oxygen atoms in total. The van der Waals surface area contributed by atoms with E-state index in [0.717, 1.165) is 35.6 Å². The third-order valence-corrected chi connectivity index (χ3v) is 7.40. The van der Waals surface area contributed by atoms with E-state index in [-0.39, 0.29) is 6.42 Å². The Labute approximate surface area is 162 Å². The fourth-order valence-electron chi connectivity index (χ4n) is 3.02. The first-order chi connectivity index (χ1) is 13.5. The molecule has 0 saturated heterocycles. The first kappa shape index (κ1) is 21.8. The van der Waals surface area contributed by atoms with Crippen LogP contribution in [0.15, 0.2) is 40.6 Å². The lowest BCUT2D eigenvalue weighted by molar-refractivity contribution is -0.00445. The monoisotopic (exact) mass is 452 g/mol. The number of nitrogens with zero attached hydrogens (tertiary/aromatic N) is 3. The third-order valence-electron chi connectivity index (χ3n) is 4.42. The van der Waals surface area contributed by atoms with Gasteiger partial charge in [0, 0.05) is 30.6 Å². The van der Waals surface area contributed by atoms with Gasteiger partial charge in [-0.05, 0) is 6.42 Å². The second-order valence-corrected chi connectivity index (χ2v) is 9.63. The van der Waals surface area contributed by atoms with Gasteiger partial charge in [0.25, 0.3) is 5.56 Å². The molecule has 1 saturated carbocycles. The van der Waals surface area contributed by atoms with Crippen LogP contribution in [-0.4, -0.2) is 57.7 Å². The number of H-pyrrole nitrogens is 1. The number of imidazole rings is 1. The molecule has 2 aromatic rings. The first-order valence-electron chi connectivity index (χ1n) is 8.18. The maximum atomic E-state index is 12.0. The van der Waals surface area contributed by atoms with Gasteiger partial charge < -0.3 is 20.0 Å². The number of hydrogen-bond donors (Lipinski definition) is 5. The molecule has 2 aromatic heterocycles. The van der Waals surface area contributed by atoms with Crippen molar-refractivity contribution in [3.05, 3.63) is 51.8 Å². The standard InChI is InChI=1S/C13H18N4O10P2/c18-10-1-3-17(13(21)15-10)9-5-8(11(19)12(9)20)6-26-29(24,25)27-28(22,23)16-4-2-14-7-16/h1-4,7-9,11-12,19-20H,5-6H2,(H,22,23)(H,24,25)(H,15,18,21)/t8-,9+,11-,12-/m1/s1. The van der Waals surface area contributed by atoms with Crippen molar-refractivity contribution < 1.29 is 38.0 Å². The van der Waals surface area contributed by atoms with Crippen molar-refractivity contribution in [2.75, 3.05) is 6.61 Å². The summed E-state index contributed by atoms with van der Waals surface area (Å²) in [5.74, 6) is -0.913. The van der Waals surface area contributed by atoms with Crippen molar-refractivity contribution in [2.45, 2.75) is 24.7 Å². The molecule has 0 amide bonds. The van der Waals surface area contributed by atoms with Gasteiger partial charge in [-0.1, -0.05) is 0 Å². The molecular formula is C13H18N4O10P2. The summed E-state index contributed by atoms with van der Waals surface area (Å²) in [6.07, 6.45) is 1.35. The van der Waals surface area contributed by atoms with E-state index in [9.17, 15) is 38.7 Å². The Morgan fingerprint density at radius 3 is 2.55 bits per heavy atom. The molecular weight excluding hydrogens is 434 g/mol. The summed E-state index contributed by atoms with van der Waals surface area (Å²) in [7, 11) is -9.79. The predicted octanol–water partition coefficient (Wildman–Crippen LogP) is -1.20. The first-order valence-corrected chi connectivity index (χ1v) is 11.2. The van der Waals surface area contributed by atoms with Gasteiger partial charge in [-0.25, -0.2) is 23.2 Å².